The van der Waals surface area contributed by atoms with Crippen LogP contribution in [0.3, 0.4) is 0 Å². The Bertz CT molecular complexity index is 369. The van der Waals surface area contributed by atoms with Gasteiger partial charge in [-0.15, -0.1) is 11.3 Å². The first kappa shape index (κ1) is 11.4. The Morgan fingerprint density at radius 1 is 1.62 bits per heavy atom. The Kier molecular flexibility index (Phi) is 3.43. The lowest BCUT2D eigenvalue weighted by Crippen LogP contribution is -2.38. The first-order valence-electron chi connectivity index (χ1n) is 5.63. The van der Waals surface area contributed by atoms with Crippen LogP contribution in [0.15, 0.2) is 5.38 Å². The summed E-state index contributed by atoms with van der Waals surface area (Å²) >= 11 is 1.39. The predicted molar refractivity (Wildman–Crippen MR) is 65.2 cm³/mol. The van der Waals surface area contributed by atoms with Crippen LogP contribution in [0.4, 0.5) is 5.13 Å². The van der Waals surface area contributed by atoms with Crippen LogP contribution in [-0.4, -0.2) is 28.9 Å². The lowest BCUT2D eigenvalue weighted by atomic mass is 9.99. The summed E-state index contributed by atoms with van der Waals surface area (Å²) in [5, 5.41) is 2.40. The highest BCUT2D eigenvalue weighted by Gasteiger charge is 2.20. The Hall–Kier alpha value is -1.10. The zero-order valence-corrected chi connectivity index (χ0v) is 10.3. The molecule has 1 aromatic heterocycles. The van der Waals surface area contributed by atoms with Crippen molar-refractivity contribution in [3.05, 3.63) is 11.1 Å². The average Bonchev–Trinajstić information content (AvgIpc) is 2.65. The predicted octanol–water partition coefficient (Wildman–Crippen LogP) is 1.53. The van der Waals surface area contributed by atoms with Crippen LogP contribution in [0.25, 0.3) is 0 Å². The number of nitrogens with zero attached hydrogens (tertiary/aromatic N) is 2. The zero-order chi connectivity index (χ0) is 11.5. The molecule has 1 amide bonds. The number of thiazole rings is 1. The number of hydrogen-bond donors (Lipinski definition) is 1. The van der Waals surface area contributed by atoms with Gasteiger partial charge < -0.3 is 10.6 Å². The summed E-state index contributed by atoms with van der Waals surface area (Å²) in [7, 11) is 0. The number of likely N-dealkylation sites (tertiary alicyclic amines) is 1. The quantitative estimate of drug-likeness (QED) is 0.851. The summed E-state index contributed by atoms with van der Waals surface area (Å²) in [6.07, 6.45) is 2.62. The Balaban J connectivity index is 1.88. The highest BCUT2D eigenvalue weighted by Crippen LogP contribution is 2.18. The molecule has 2 rings (SSSR count). The largest absolute Gasteiger partial charge is 0.375 e. The van der Waals surface area contributed by atoms with Gasteiger partial charge in [0, 0.05) is 18.5 Å². The van der Waals surface area contributed by atoms with E-state index < -0.39 is 0 Å². The summed E-state index contributed by atoms with van der Waals surface area (Å²) in [5.41, 5.74) is 6.33. The Labute approximate surface area is 99.5 Å². The van der Waals surface area contributed by atoms with Crippen molar-refractivity contribution < 1.29 is 4.79 Å². The molecule has 1 aliphatic rings. The topological polar surface area (TPSA) is 59.2 Å². The maximum Gasteiger partial charge on any atom is 0.228 e. The van der Waals surface area contributed by atoms with Crippen molar-refractivity contribution in [2.24, 2.45) is 5.92 Å². The molecule has 0 unspecified atom stereocenters. The number of nitrogens with two attached hydrogens (primary N) is 1. The van der Waals surface area contributed by atoms with E-state index in [1.54, 1.807) is 0 Å². The third kappa shape index (κ3) is 2.72. The standard InChI is InChI=1S/C11H17N3OS/c1-8-2-4-14(5-3-8)10(15)6-9-7-16-11(12)13-9/h7-8H,2-6H2,1H3,(H2,12,13). The molecule has 0 spiro atoms. The van der Waals surface area contributed by atoms with Crippen molar-refractivity contribution in [2.45, 2.75) is 26.2 Å². The number of rotatable bonds is 2. The number of nitrogen functional groups attached to an aromatic ring is 1. The Morgan fingerprint density at radius 3 is 2.88 bits per heavy atom. The van der Waals surface area contributed by atoms with Crippen LogP contribution in [-0.2, 0) is 11.2 Å². The summed E-state index contributed by atoms with van der Waals surface area (Å²) in [4.78, 5) is 18.0. The molecule has 1 aromatic rings. The van der Waals surface area contributed by atoms with E-state index in [1.807, 2.05) is 10.3 Å². The fourth-order valence-electron chi connectivity index (χ4n) is 1.93. The van der Waals surface area contributed by atoms with Gasteiger partial charge >= 0.3 is 0 Å². The molecule has 5 heteroatoms. The molecule has 1 saturated heterocycles. The minimum Gasteiger partial charge on any atom is -0.375 e. The van der Waals surface area contributed by atoms with Crippen LogP contribution in [0, 0.1) is 5.92 Å². The fraction of sp³-hybridized carbons (Fsp3) is 0.636. The van der Waals surface area contributed by atoms with E-state index in [0.717, 1.165) is 37.5 Å². The number of carbonyl (C=O) groups excluding carboxylic acids is 1. The van der Waals surface area contributed by atoms with Crippen molar-refractivity contribution in [1.29, 1.82) is 0 Å². The summed E-state index contributed by atoms with van der Waals surface area (Å²) in [6, 6.07) is 0. The van der Waals surface area contributed by atoms with Gasteiger partial charge in [0.2, 0.25) is 5.91 Å². The third-order valence-electron chi connectivity index (χ3n) is 3.04. The molecule has 0 radical (unpaired) electrons. The van der Waals surface area contributed by atoms with E-state index in [1.165, 1.54) is 11.3 Å². The van der Waals surface area contributed by atoms with Gasteiger partial charge in [-0.2, -0.15) is 0 Å². The maximum absolute atomic E-state index is 11.9. The summed E-state index contributed by atoms with van der Waals surface area (Å²) in [5.74, 6) is 0.927. The first-order valence-corrected chi connectivity index (χ1v) is 6.51. The number of anilines is 1. The van der Waals surface area contributed by atoms with Crippen LogP contribution in [0.2, 0.25) is 0 Å². The first-order chi connectivity index (χ1) is 7.65. The summed E-state index contributed by atoms with van der Waals surface area (Å²) in [6.45, 7) is 4.02. The lowest BCUT2D eigenvalue weighted by molar-refractivity contribution is -0.131. The van der Waals surface area contributed by atoms with Gasteiger partial charge in [0.1, 0.15) is 0 Å². The van der Waals surface area contributed by atoms with Gasteiger partial charge in [-0.25, -0.2) is 4.98 Å². The van der Waals surface area contributed by atoms with Crippen LogP contribution in [0.5, 0.6) is 0 Å². The molecule has 16 heavy (non-hydrogen) atoms. The van der Waals surface area contributed by atoms with Crippen LogP contribution < -0.4 is 5.73 Å². The van der Waals surface area contributed by atoms with Gasteiger partial charge in [-0.05, 0) is 18.8 Å². The second kappa shape index (κ2) is 4.82. The molecule has 2 heterocycles. The molecule has 0 atom stereocenters. The highest BCUT2D eigenvalue weighted by atomic mass is 32.1. The minimum atomic E-state index is 0.178. The van der Waals surface area contributed by atoms with Crippen LogP contribution >= 0.6 is 11.3 Å². The second-order valence-corrected chi connectivity index (χ2v) is 5.31. The second-order valence-electron chi connectivity index (χ2n) is 4.42. The van der Waals surface area contributed by atoms with Crippen molar-refractivity contribution in [3.63, 3.8) is 0 Å². The number of piperidine rings is 1. The highest BCUT2D eigenvalue weighted by molar-refractivity contribution is 7.13. The van der Waals surface area contributed by atoms with Crippen molar-refractivity contribution in [2.75, 3.05) is 18.8 Å². The smallest absolute Gasteiger partial charge is 0.228 e. The monoisotopic (exact) mass is 239 g/mol. The minimum absolute atomic E-state index is 0.178. The summed E-state index contributed by atoms with van der Waals surface area (Å²) < 4.78 is 0. The number of amides is 1. The van der Waals surface area contributed by atoms with Crippen LogP contribution in [0.1, 0.15) is 25.5 Å². The SMILES string of the molecule is CC1CCN(C(=O)Cc2csc(N)n2)CC1. The van der Waals surface area contributed by atoms with E-state index in [2.05, 4.69) is 11.9 Å². The molecule has 1 aliphatic heterocycles. The number of aromatic nitrogens is 1. The van der Waals surface area contributed by atoms with Gasteiger partial charge in [-0.1, -0.05) is 6.92 Å². The van der Waals surface area contributed by atoms with Gasteiger partial charge in [-0.3, -0.25) is 4.79 Å². The van der Waals surface area contributed by atoms with E-state index >= 15 is 0 Å². The molecular weight excluding hydrogens is 222 g/mol. The number of carbonyl (C=O) groups is 1. The molecule has 4 nitrogen and oxygen atoms in total. The van der Waals surface area contributed by atoms with Crippen molar-refractivity contribution in [1.82, 2.24) is 9.88 Å². The lowest BCUT2D eigenvalue weighted by Gasteiger charge is -2.30. The maximum atomic E-state index is 11.9. The third-order valence-corrected chi connectivity index (χ3v) is 3.76. The Morgan fingerprint density at radius 2 is 2.31 bits per heavy atom. The van der Waals surface area contributed by atoms with Gasteiger partial charge in [0.25, 0.3) is 0 Å². The van der Waals surface area contributed by atoms with E-state index in [9.17, 15) is 4.79 Å². The van der Waals surface area contributed by atoms with E-state index in [0.29, 0.717) is 11.6 Å². The molecule has 2 N–H and O–H groups in total. The average molecular weight is 239 g/mol. The van der Waals surface area contributed by atoms with Gasteiger partial charge in [0.05, 0.1) is 12.1 Å². The molecule has 0 aromatic carbocycles. The molecule has 0 bridgehead atoms. The van der Waals surface area contributed by atoms with E-state index in [-0.39, 0.29) is 5.91 Å². The fourth-order valence-corrected chi connectivity index (χ4v) is 2.49. The van der Waals surface area contributed by atoms with Crippen molar-refractivity contribution in [3.8, 4) is 0 Å². The molecule has 88 valence electrons. The molecule has 0 aliphatic carbocycles. The molecular formula is C11H17N3OS. The molecule has 0 saturated carbocycles. The van der Waals surface area contributed by atoms with E-state index in [4.69, 9.17) is 5.73 Å². The number of hydrogen-bond acceptors (Lipinski definition) is 4. The zero-order valence-electron chi connectivity index (χ0n) is 9.48. The molecule has 1 fully saturated rings. The van der Waals surface area contributed by atoms with Crippen molar-refractivity contribution >= 4 is 22.4 Å². The van der Waals surface area contributed by atoms with Gasteiger partial charge in [0.15, 0.2) is 5.13 Å². The normalized spacial score (nSPS) is 17.7.